The topological polar surface area (TPSA) is 123 Å². The molecule has 3 aliphatic rings. The van der Waals surface area contributed by atoms with E-state index in [-0.39, 0.29) is 28.5 Å². The second kappa shape index (κ2) is 11.0. The number of nitriles is 1. The maximum absolute atomic E-state index is 14.3. The van der Waals surface area contributed by atoms with Gasteiger partial charge >= 0.3 is 0 Å². The van der Waals surface area contributed by atoms with Crippen molar-refractivity contribution in [2.45, 2.75) is 44.1 Å². The zero-order valence-corrected chi connectivity index (χ0v) is 25.8. The number of pyridine rings is 1. The number of fused-ring (bicyclic) bond motifs is 2. The molecule has 1 atom stereocenters. The SMILES string of the molecule is CC1(C)C(=O)NC2=CC(c3cc4c(-c5ccc(OC6CCOCC6)c(C#N)c5)ccnc4n3S(=O)(=O)c3ccccc3)=CCC21. The maximum atomic E-state index is 14.3. The van der Waals surface area contributed by atoms with Crippen LogP contribution in [0.1, 0.15) is 44.4 Å². The Morgan fingerprint density at radius 2 is 1.87 bits per heavy atom. The van der Waals surface area contributed by atoms with Gasteiger partial charge in [-0.25, -0.2) is 17.4 Å². The molecule has 4 heterocycles. The third-order valence-electron chi connectivity index (χ3n) is 9.09. The first kappa shape index (κ1) is 29.0. The molecule has 2 saturated heterocycles. The smallest absolute Gasteiger partial charge is 0.269 e. The average molecular weight is 621 g/mol. The van der Waals surface area contributed by atoms with Crippen LogP contribution in [0.5, 0.6) is 5.75 Å². The van der Waals surface area contributed by atoms with Crippen LogP contribution < -0.4 is 10.1 Å². The van der Waals surface area contributed by atoms with Crippen molar-refractivity contribution >= 4 is 32.5 Å². The zero-order valence-electron chi connectivity index (χ0n) is 25.0. The van der Waals surface area contributed by atoms with Gasteiger partial charge in [-0.2, -0.15) is 5.26 Å². The number of aromatic nitrogens is 2. The third kappa shape index (κ3) is 4.93. The fraction of sp³-hybridized carbons (Fsp3) is 0.286. The molecule has 2 aromatic carbocycles. The van der Waals surface area contributed by atoms with Crippen LogP contribution in [0, 0.1) is 22.7 Å². The van der Waals surface area contributed by atoms with Gasteiger partial charge < -0.3 is 14.8 Å². The highest BCUT2D eigenvalue weighted by Crippen LogP contribution is 2.45. The van der Waals surface area contributed by atoms with Crippen molar-refractivity contribution in [1.82, 2.24) is 14.3 Å². The Hall–Kier alpha value is -4.72. The average Bonchev–Trinajstić information content (AvgIpc) is 3.56. The molecular weight excluding hydrogens is 588 g/mol. The summed E-state index contributed by atoms with van der Waals surface area (Å²) in [5.74, 6) is 0.447. The van der Waals surface area contributed by atoms with E-state index in [9.17, 15) is 18.5 Å². The predicted molar refractivity (Wildman–Crippen MR) is 169 cm³/mol. The second-order valence-electron chi connectivity index (χ2n) is 12.2. The Morgan fingerprint density at radius 3 is 2.62 bits per heavy atom. The molecule has 2 aromatic heterocycles. The summed E-state index contributed by atoms with van der Waals surface area (Å²) in [6.07, 6.45) is 7.55. The highest BCUT2D eigenvalue weighted by molar-refractivity contribution is 7.90. The van der Waals surface area contributed by atoms with Gasteiger partial charge in [0.2, 0.25) is 5.91 Å². The monoisotopic (exact) mass is 620 g/mol. The van der Waals surface area contributed by atoms with Crippen molar-refractivity contribution in [2.24, 2.45) is 11.3 Å². The first-order valence-electron chi connectivity index (χ1n) is 15.0. The van der Waals surface area contributed by atoms with E-state index in [0.29, 0.717) is 47.6 Å². The van der Waals surface area contributed by atoms with Gasteiger partial charge in [-0.3, -0.25) is 4.79 Å². The number of amides is 1. The molecule has 0 spiro atoms. The van der Waals surface area contributed by atoms with Crippen LogP contribution in [0.3, 0.4) is 0 Å². The molecule has 1 N–H and O–H groups in total. The van der Waals surface area contributed by atoms with Crippen LogP contribution in [0.25, 0.3) is 27.7 Å². The zero-order chi connectivity index (χ0) is 31.3. The lowest BCUT2D eigenvalue weighted by Crippen LogP contribution is -2.28. The van der Waals surface area contributed by atoms with Gasteiger partial charge in [0.1, 0.15) is 17.9 Å². The van der Waals surface area contributed by atoms with Crippen molar-refractivity contribution in [3.8, 4) is 22.9 Å². The van der Waals surface area contributed by atoms with Crippen LogP contribution in [-0.4, -0.2) is 42.6 Å². The van der Waals surface area contributed by atoms with E-state index >= 15 is 0 Å². The Morgan fingerprint density at radius 1 is 1.09 bits per heavy atom. The molecule has 1 amide bonds. The van der Waals surface area contributed by atoms with E-state index in [0.717, 1.165) is 29.7 Å². The van der Waals surface area contributed by atoms with Crippen molar-refractivity contribution in [3.05, 3.63) is 96.0 Å². The summed E-state index contributed by atoms with van der Waals surface area (Å²) >= 11 is 0. The number of benzene rings is 2. The summed E-state index contributed by atoms with van der Waals surface area (Å²) in [7, 11) is -4.08. The minimum atomic E-state index is -4.08. The van der Waals surface area contributed by atoms with E-state index in [1.165, 1.54) is 3.97 Å². The molecule has 0 bridgehead atoms. The van der Waals surface area contributed by atoms with Crippen LogP contribution in [0.15, 0.2) is 89.6 Å². The summed E-state index contributed by atoms with van der Waals surface area (Å²) < 4.78 is 41.4. The van der Waals surface area contributed by atoms with Gasteiger partial charge in [-0.1, -0.05) is 44.2 Å². The Kier molecular flexibility index (Phi) is 7.10. The predicted octanol–water partition coefficient (Wildman–Crippen LogP) is 5.81. The number of ether oxygens (including phenoxy) is 2. The molecule has 4 aromatic rings. The highest BCUT2D eigenvalue weighted by atomic mass is 32.2. The molecule has 2 aliphatic heterocycles. The number of carbonyl (C=O) groups is 1. The molecule has 0 saturated carbocycles. The number of carbonyl (C=O) groups excluding carboxylic acids is 1. The summed E-state index contributed by atoms with van der Waals surface area (Å²) in [6, 6.07) is 19.7. The Bertz CT molecular complexity index is 2050. The van der Waals surface area contributed by atoms with Crippen molar-refractivity contribution < 1.29 is 22.7 Å². The molecule has 45 heavy (non-hydrogen) atoms. The van der Waals surface area contributed by atoms with Gasteiger partial charge in [-0.15, -0.1) is 0 Å². The van der Waals surface area contributed by atoms with Gasteiger partial charge in [-0.05, 0) is 65.6 Å². The standard InChI is InChI=1S/C35H32N4O5S/c1-35(2)29-10-8-23(19-30(29)38-34(35)40)31-20-28-27(12-15-37-33(28)39(31)45(41,42)26-6-4-3-5-7-26)22-9-11-32(24(18-22)21-36)44-25-13-16-43-17-14-25/h3-9,11-12,15,18-20,25,29H,10,13-14,16-17H2,1-2H3,(H,38,40). The van der Waals surface area contributed by atoms with E-state index < -0.39 is 15.4 Å². The number of hydrogen-bond acceptors (Lipinski definition) is 7. The quantitative estimate of drug-likeness (QED) is 0.288. The maximum Gasteiger partial charge on any atom is 0.269 e. The Balaban J connectivity index is 1.38. The molecule has 2 fully saturated rings. The normalized spacial score (nSPS) is 19.8. The van der Waals surface area contributed by atoms with Crippen molar-refractivity contribution in [1.29, 1.82) is 5.26 Å². The minimum Gasteiger partial charge on any atom is -0.489 e. The van der Waals surface area contributed by atoms with Crippen molar-refractivity contribution in [3.63, 3.8) is 0 Å². The van der Waals surface area contributed by atoms with Gasteiger partial charge in [0.25, 0.3) is 10.0 Å². The fourth-order valence-electron chi connectivity index (χ4n) is 6.46. The fourth-order valence-corrected chi connectivity index (χ4v) is 7.97. The van der Waals surface area contributed by atoms with Crippen LogP contribution in [0.2, 0.25) is 0 Å². The van der Waals surface area contributed by atoms with Gasteiger partial charge in [0, 0.05) is 36.0 Å². The minimum absolute atomic E-state index is 0.0164. The van der Waals surface area contributed by atoms with E-state index in [4.69, 9.17) is 9.47 Å². The van der Waals surface area contributed by atoms with Gasteiger partial charge in [0.05, 0.1) is 34.8 Å². The molecule has 0 radical (unpaired) electrons. The molecule has 10 heteroatoms. The summed E-state index contributed by atoms with van der Waals surface area (Å²) in [5.41, 5.74) is 3.47. The molecule has 228 valence electrons. The van der Waals surface area contributed by atoms with E-state index in [1.807, 2.05) is 44.2 Å². The summed E-state index contributed by atoms with van der Waals surface area (Å²) in [6.45, 7) is 5.11. The number of allylic oxidation sites excluding steroid dienone is 4. The molecule has 1 aliphatic carbocycles. The number of nitrogens with one attached hydrogen (secondary N) is 1. The van der Waals surface area contributed by atoms with E-state index in [2.05, 4.69) is 16.4 Å². The number of hydrogen-bond donors (Lipinski definition) is 1. The molecule has 1 unspecified atom stereocenters. The lowest BCUT2D eigenvalue weighted by atomic mass is 9.76. The van der Waals surface area contributed by atoms with E-state index in [1.54, 1.807) is 48.7 Å². The molecule has 7 rings (SSSR count). The lowest BCUT2D eigenvalue weighted by molar-refractivity contribution is -0.127. The van der Waals surface area contributed by atoms with Crippen LogP contribution in [0.4, 0.5) is 0 Å². The first-order valence-corrected chi connectivity index (χ1v) is 16.5. The summed E-state index contributed by atoms with van der Waals surface area (Å²) in [4.78, 5) is 17.4. The largest absolute Gasteiger partial charge is 0.489 e. The number of nitrogens with zero attached hydrogens (tertiary/aromatic N) is 3. The van der Waals surface area contributed by atoms with Gasteiger partial charge in [0.15, 0.2) is 5.65 Å². The molecule has 9 nitrogen and oxygen atoms in total. The first-order chi connectivity index (χ1) is 21.7. The van der Waals surface area contributed by atoms with Crippen molar-refractivity contribution in [2.75, 3.05) is 13.2 Å². The lowest BCUT2D eigenvalue weighted by Gasteiger charge is -2.25. The number of rotatable bonds is 6. The second-order valence-corrected chi connectivity index (χ2v) is 14.0. The van der Waals surface area contributed by atoms with Crippen LogP contribution >= 0.6 is 0 Å². The summed E-state index contributed by atoms with van der Waals surface area (Å²) in [5, 5.41) is 13.6. The highest BCUT2D eigenvalue weighted by Gasteiger charge is 2.46. The third-order valence-corrected chi connectivity index (χ3v) is 10.8. The Labute approximate surface area is 261 Å². The molecular formula is C35H32N4O5S. The van der Waals surface area contributed by atoms with Crippen LogP contribution in [-0.2, 0) is 19.6 Å².